The van der Waals surface area contributed by atoms with E-state index in [0.717, 1.165) is 45.1 Å². The van der Waals surface area contributed by atoms with E-state index in [4.69, 9.17) is 9.47 Å². The molecule has 24 heavy (non-hydrogen) atoms. The van der Waals surface area contributed by atoms with Crippen LogP contribution in [0.15, 0.2) is 24.3 Å². The number of amides is 1. The molecule has 2 heterocycles. The molecule has 1 aromatic rings. The number of hydrogen-bond donors (Lipinski definition) is 2. The standard InChI is InChI=1S/C17H25N3O3.ClH/c1-22-15-4-2-13(3-5-15)16(20-6-8-23-9-7-20)12-19-17(21)14-10-18-11-14;/h2-5,14,16,18H,6-12H2,1H3,(H,19,21);1H. The average Bonchev–Trinajstić information content (AvgIpc) is 2.55. The second-order valence-electron chi connectivity index (χ2n) is 6.04. The van der Waals surface area contributed by atoms with Gasteiger partial charge in [-0.2, -0.15) is 0 Å². The highest BCUT2D eigenvalue weighted by molar-refractivity contribution is 5.85. The Bertz CT molecular complexity index is 516. The first-order chi connectivity index (χ1) is 11.3. The Morgan fingerprint density at radius 2 is 2.00 bits per heavy atom. The summed E-state index contributed by atoms with van der Waals surface area (Å²) in [5, 5.41) is 6.25. The lowest BCUT2D eigenvalue weighted by atomic mass is 10.0. The second kappa shape index (κ2) is 9.22. The van der Waals surface area contributed by atoms with Crippen molar-refractivity contribution in [3.8, 4) is 5.75 Å². The molecule has 2 saturated heterocycles. The minimum absolute atomic E-state index is 0. The van der Waals surface area contributed by atoms with Crippen LogP contribution in [0.1, 0.15) is 11.6 Å². The highest BCUT2D eigenvalue weighted by Crippen LogP contribution is 2.23. The fourth-order valence-electron chi connectivity index (χ4n) is 2.99. The van der Waals surface area contributed by atoms with E-state index in [2.05, 4.69) is 27.7 Å². The molecular weight excluding hydrogens is 330 g/mol. The van der Waals surface area contributed by atoms with Crippen molar-refractivity contribution in [2.75, 3.05) is 53.0 Å². The smallest absolute Gasteiger partial charge is 0.225 e. The van der Waals surface area contributed by atoms with Gasteiger partial charge in [-0.25, -0.2) is 0 Å². The van der Waals surface area contributed by atoms with Crippen molar-refractivity contribution in [2.45, 2.75) is 6.04 Å². The third kappa shape index (κ3) is 4.60. The predicted octanol–water partition coefficient (Wildman–Crippen LogP) is 0.826. The zero-order valence-corrected chi connectivity index (χ0v) is 14.8. The van der Waals surface area contributed by atoms with Gasteiger partial charge in [0.2, 0.25) is 5.91 Å². The lowest BCUT2D eigenvalue weighted by molar-refractivity contribution is -0.126. The predicted molar refractivity (Wildman–Crippen MR) is 94.7 cm³/mol. The van der Waals surface area contributed by atoms with Crippen LogP contribution >= 0.6 is 12.4 Å². The van der Waals surface area contributed by atoms with E-state index in [0.29, 0.717) is 6.54 Å². The fourth-order valence-corrected chi connectivity index (χ4v) is 2.99. The number of methoxy groups -OCH3 is 1. The molecule has 1 amide bonds. The Hall–Kier alpha value is -1.34. The van der Waals surface area contributed by atoms with Crippen molar-refractivity contribution < 1.29 is 14.3 Å². The molecule has 0 radical (unpaired) electrons. The minimum Gasteiger partial charge on any atom is -0.497 e. The van der Waals surface area contributed by atoms with Crippen LogP contribution < -0.4 is 15.4 Å². The van der Waals surface area contributed by atoms with E-state index >= 15 is 0 Å². The van der Waals surface area contributed by atoms with Crippen LogP contribution in [-0.4, -0.2) is 63.9 Å². The van der Waals surface area contributed by atoms with Gasteiger partial charge in [0.25, 0.3) is 0 Å². The molecule has 2 N–H and O–H groups in total. The Morgan fingerprint density at radius 1 is 1.33 bits per heavy atom. The lowest BCUT2D eigenvalue weighted by Gasteiger charge is -2.35. The minimum atomic E-state index is 0. The fraction of sp³-hybridized carbons (Fsp3) is 0.588. The third-order valence-electron chi connectivity index (χ3n) is 4.61. The summed E-state index contributed by atoms with van der Waals surface area (Å²) in [6.45, 7) is 5.46. The molecule has 0 spiro atoms. The summed E-state index contributed by atoms with van der Waals surface area (Å²) in [7, 11) is 1.67. The van der Waals surface area contributed by atoms with Gasteiger partial charge in [0.15, 0.2) is 0 Å². The van der Waals surface area contributed by atoms with Crippen LogP contribution in [0, 0.1) is 5.92 Å². The molecule has 7 heteroatoms. The van der Waals surface area contributed by atoms with Gasteiger partial charge < -0.3 is 20.1 Å². The number of hydrogen-bond acceptors (Lipinski definition) is 5. The molecule has 134 valence electrons. The summed E-state index contributed by atoms with van der Waals surface area (Å²) < 4.78 is 10.7. The molecule has 2 aliphatic rings. The van der Waals surface area contributed by atoms with Gasteiger partial charge in [-0.15, -0.1) is 12.4 Å². The maximum Gasteiger partial charge on any atom is 0.225 e. The third-order valence-corrected chi connectivity index (χ3v) is 4.61. The molecule has 0 aromatic heterocycles. The van der Waals surface area contributed by atoms with Gasteiger partial charge in [-0.1, -0.05) is 12.1 Å². The molecule has 0 saturated carbocycles. The molecule has 1 atom stereocenters. The number of morpholine rings is 1. The van der Waals surface area contributed by atoms with Gasteiger partial charge in [0, 0.05) is 32.7 Å². The Morgan fingerprint density at radius 3 is 2.54 bits per heavy atom. The molecule has 2 fully saturated rings. The number of rotatable bonds is 6. The molecule has 6 nitrogen and oxygen atoms in total. The van der Waals surface area contributed by atoms with E-state index < -0.39 is 0 Å². The Labute approximate surface area is 149 Å². The van der Waals surface area contributed by atoms with Crippen LogP contribution in [0.3, 0.4) is 0 Å². The van der Waals surface area contributed by atoms with Crippen molar-refractivity contribution in [3.05, 3.63) is 29.8 Å². The van der Waals surface area contributed by atoms with Crippen LogP contribution in [-0.2, 0) is 9.53 Å². The maximum absolute atomic E-state index is 12.1. The van der Waals surface area contributed by atoms with Crippen LogP contribution in [0.2, 0.25) is 0 Å². The number of nitrogens with one attached hydrogen (secondary N) is 2. The zero-order chi connectivity index (χ0) is 16.1. The van der Waals surface area contributed by atoms with Crippen molar-refractivity contribution >= 4 is 18.3 Å². The Balaban J connectivity index is 0.00000208. The van der Waals surface area contributed by atoms with E-state index in [1.165, 1.54) is 5.56 Å². The molecule has 1 unspecified atom stereocenters. The first-order valence-electron chi connectivity index (χ1n) is 8.22. The van der Waals surface area contributed by atoms with Crippen molar-refractivity contribution in [2.24, 2.45) is 5.92 Å². The monoisotopic (exact) mass is 355 g/mol. The van der Waals surface area contributed by atoms with Gasteiger partial charge in [-0.05, 0) is 17.7 Å². The van der Waals surface area contributed by atoms with E-state index in [-0.39, 0.29) is 30.3 Å². The average molecular weight is 356 g/mol. The number of carbonyl (C=O) groups is 1. The topological polar surface area (TPSA) is 62.8 Å². The van der Waals surface area contributed by atoms with Gasteiger partial charge in [0.1, 0.15) is 5.75 Å². The number of carbonyl (C=O) groups excluding carboxylic acids is 1. The van der Waals surface area contributed by atoms with E-state index in [1.54, 1.807) is 7.11 Å². The van der Waals surface area contributed by atoms with Crippen LogP contribution in [0.5, 0.6) is 5.75 Å². The van der Waals surface area contributed by atoms with Crippen LogP contribution in [0.25, 0.3) is 0 Å². The summed E-state index contributed by atoms with van der Waals surface area (Å²) in [5.41, 5.74) is 1.19. The van der Waals surface area contributed by atoms with Crippen molar-refractivity contribution in [1.29, 1.82) is 0 Å². The SMILES string of the molecule is COc1ccc(C(CNC(=O)C2CNC2)N2CCOCC2)cc1.Cl. The lowest BCUT2D eigenvalue weighted by Crippen LogP contribution is -2.52. The highest BCUT2D eigenvalue weighted by Gasteiger charge is 2.27. The molecule has 3 rings (SSSR count). The summed E-state index contributed by atoms with van der Waals surface area (Å²) in [6.07, 6.45) is 0. The number of ether oxygens (including phenoxy) is 2. The van der Waals surface area contributed by atoms with Crippen molar-refractivity contribution in [1.82, 2.24) is 15.5 Å². The molecule has 1 aromatic carbocycles. The summed E-state index contributed by atoms with van der Waals surface area (Å²) in [4.78, 5) is 14.5. The van der Waals surface area contributed by atoms with Crippen LogP contribution in [0.4, 0.5) is 0 Å². The summed E-state index contributed by atoms with van der Waals surface area (Å²) >= 11 is 0. The number of nitrogens with zero attached hydrogens (tertiary/aromatic N) is 1. The van der Waals surface area contributed by atoms with Crippen molar-refractivity contribution in [3.63, 3.8) is 0 Å². The number of benzene rings is 1. The molecular formula is C17H26ClN3O3. The van der Waals surface area contributed by atoms with E-state index in [1.807, 2.05) is 12.1 Å². The normalized spacial score (nSPS) is 19.7. The van der Waals surface area contributed by atoms with Gasteiger partial charge in [-0.3, -0.25) is 9.69 Å². The highest BCUT2D eigenvalue weighted by atomic mass is 35.5. The number of halogens is 1. The zero-order valence-electron chi connectivity index (χ0n) is 14.0. The summed E-state index contributed by atoms with van der Waals surface area (Å²) in [6, 6.07) is 8.27. The van der Waals surface area contributed by atoms with Gasteiger partial charge in [0.05, 0.1) is 32.3 Å². The summed E-state index contributed by atoms with van der Waals surface area (Å²) in [5.74, 6) is 1.12. The first-order valence-corrected chi connectivity index (χ1v) is 8.22. The molecule has 0 aliphatic carbocycles. The molecule has 2 aliphatic heterocycles. The van der Waals surface area contributed by atoms with Gasteiger partial charge >= 0.3 is 0 Å². The maximum atomic E-state index is 12.1. The second-order valence-corrected chi connectivity index (χ2v) is 6.04. The largest absolute Gasteiger partial charge is 0.497 e. The first kappa shape index (κ1) is 19.0. The molecule has 0 bridgehead atoms. The quantitative estimate of drug-likeness (QED) is 0.791. The Kier molecular flexibility index (Phi) is 7.30. The van der Waals surface area contributed by atoms with E-state index in [9.17, 15) is 4.79 Å².